The van der Waals surface area contributed by atoms with Gasteiger partial charge in [0, 0.05) is 27.6 Å². The van der Waals surface area contributed by atoms with Crippen LogP contribution in [0.3, 0.4) is 0 Å². The fraction of sp³-hybridized carbons (Fsp3) is 0. The first-order valence-electron chi connectivity index (χ1n) is 18.5. The van der Waals surface area contributed by atoms with Crippen LogP contribution in [-0.2, 0) is 0 Å². The van der Waals surface area contributed by atoms with E-state index in [1.165, 1.54) is 54.9 Å². The van der Waals surface area contributed by atoms with E-state index < -0.39 is 0 Å². The summed E-state index contributed by atoms with van der Waals surface area (Å²) >= 11 is 0. The molecule has 0 bridgehead atoms. The molecule has 0 N–H and O–H groups in total. The summed E-state index contributed by atoms with van der Waals surface area (Å²) in [7, 11) is 0. The van der Waals surface area contributed by atoms with Gasteiger partial charge in [-0.05, 0) is 81.6 Å². The number of aromatic nitrogens is 1. The zero-order valence-corrected chi connectivity index (χ0v) is 29.7. The standard InChI is InChI=1S/C52H36N2/c1-4-17-37(18-5-1)41-33-34-45(39-20-6-2-7-21-39)51(36-41)54-48-28-15-13-26-46(48)52-49(29-16-30-50(52)54)53(43-23-8-3-9-24-43)47-27-14-12-25-44(47)42-32-31-38-19-10-11-22-40(38)35-42/h1-36H. The number of fused-ring (bicyclic) bond motifs is 4. The maximum atomic E-state index is 2.47. The SMILES string of the molecule is c1ccc(-c2ccc(-c3ccccc3)c(-n3c4ccccc4c4c(N(c5ccccc5)c5ccccc5-c5ccc6ccccc6c5)cccc43)c2)cc1. The number of rotatable bonds is 7. The zero-order valence-electron chi connectivity index (χ0n) is 29.7. The van der Waals surface area contributed by atoms with E-state index in [2.05, 4.69) is 228 Å². The molecule has 10 aromatic rings. The molecule has 0 unspecified atom stereocenters. The number of benzene rings is 9. The predicted molar refractivity (Wildman–Crippen MR) is 229 cm³/mol. The Bertz CT molecular complexity index is 2930. The second kappa shape index (κ2) is 13.4. The van der Waals surface area contributed by atoms with Crippen LogP contribution in [0.1, 0.15) is 0 Å². The van der Waals surface area contributed by atoms with Crippen LogP contribution in [0.25, 0.3) is 71.6 Å². The molecule has 54 heavy (non-hydrogen) atoms. The summed E-state index contributed by atoms with van der Waals surface area (Å²) in [6.07, 6.45) is 0. The first-order valence-corrected chi connectivity index (χ1v) is 18.5. The van der Waals surface area contributed by atoms with Crippen LogP contribution >= 0.6 is 0 Å². The summed E-state index contributed by atoms with van der Waals surface area (Å²) < 4.78 is 2.47. The van der Waals surface area contributed by atoms with Crippen molar-refractivity contribution in [1.82, 2.24) is 4.57 Å². The minimum Gasteiger partial charge on any atom is -0.309 e. The normalized spacial score (nSPS) is 11.3. The van der Waals surface area contributed by atoms with Gasteiger partial charge >= 0.3 is 0 Å². The molecule has 1 aromatic heterocycles. The highest BCUT2D eigenvalue weighted by atomic mass is 15.2. The van der Waals surface area contributed by atoms with Gasteiger partial charge in [-0.3, -0.25) is 0 Å². The number of hydrogen-bond donors (Lipinski definition) is 0. The van der Waals surface area contributed by atoms with Crippen LogP contribution in [0, 0.1) is 0 Å². The topological polar surface area (TPSA) is 8.17 Å². The molecular formula is C52H36N2. The second-order valence-electron chi connectivity index (χ2n) is 13.7. The minimum absolute atomic E-state index is 1.10. The molecule has 9 aromatic carbocycles. The number of nitrogens with zero attached hydrogens (tertiary/aromatic N) is 2. The second-order valence-corrected chi connectivity index (χ2v) is 13.7. The molecule has 0 aliphatic heterocycles. The number of para-hydroxylation sites is 3. The average molecular weight is 689 g/mol. The summed E-state index contributed by atoms with van der Waals surface area (Å²) in [6, 6.07) is 78.9. The van der Waals surface area contributed by atoms with E-state index in [0.29, 0.717) is 0 Å². The van der Waals surface area contributed by atoms with E-state index in [-0.39, 0.29) is 0 Å². The Morgan fingerprint density at radius 1 is 0.333 bits per heavy atom. The molecule has 0 saturated heterocycles. The minimum atomic E-state index is 1.10. The van der Waals surface area contributed by atoms with E-state index in [0.717, 1.165) is 33.8 Å². The summed E-state index contributed by atoms with van der Waals surface area (Å²) in [5.41, 5.74) is 13.9. The van der Waals surface area contributed by atoms with Crippen molar-refractivity contribution in [2.75, 3.05) is 4.90 Å². The molecule has 2 nitrogen and oxygen atoms in total. The van der Waals surface area contributed by atoms with Crippen molar-refractivity contribution in [3.63, 3.8) is 0 Å². The molecule has 10 rings (SSSR count). The van der Waals surface area contributed by atoms with Crippen LogP contribution in [0.4, 0.5) is 17.1 Å². The zero-order chi connectivity index (χ0) is 35.8. The van der Waals surface area contributed by atoms with Crippen molar-refractivity contribution in [1.29, 1.82) is 0 Å². The van der Waals surface area contributed by atoms with Gasteiger partial charge in [0.1, 0.15) is 0 Å². The fourth-order valence-corrected chi connectivity index (χ4v) is 8.09. The lowest BCUT2D eigenvalue weighted by Crippen LogP contribution is -2.11. The van der Waals surface area contributed by atoms with Gasteiger partial charge in [-0.25, -0.2) is 0 Å². The van der Waals surface area contributed by atoms with Crippen LogP contribution in [0.2, 0.25) is 0 Å². The van der Waals surface area contributed by atoms with Gasteiger partial charge in [0.05, 0.1) is 28.1 Å². The van der Waals surface area contributed by atoms with E-state index in [4.69, 9.17) is 0 Å². The molecule has 0 saturated carbocycles. The molecule has 0 radical (unpaired) electrons. The van der Waals surface area contributed by atoms with E-state index >= 15 is 0 Å². The molecule has 0 fully saturated rings. The first-order chi connectivity index (χ1) is 26.8. The van der Waals surface area contributed by atoms with Crippen LogP contribution in [0.15, 0.2) is 218 Å². The lowest BCUT2D eigenvalue weighted by atomic mass is 9.98. The van der Waals surface area contributed by atoms with Crippen LogP contribution in [0.5, 0.6) is 0 Å². The maximum absolute atomic E-state index is 2.47. The number of anilines is 3. The maximum Gasteiger partial charge on any atom is 0.0562 e. The Hall–Kier alpha value is -7.16. The highest BCUT2D eigenvalue weighted by Gasteiger charge is 2.24. The van der Waals surface area contributed by atoms with Gasteiger partial charge < -0.3 is 9.47 Å². The molecule has 0 aliphatic rings. The summed E-state index contributed by atoms with van der Waals surface area (Å²) in [5.74, 6) is 0. The Labute approximate surface area is 315 Å². The van der Waals surface area contributed by atoms with E-state index in [1.54, 1.807) is 0 Å². The van der Waals surface area contributed by atoms with Gasteiger partial charge in [0.2, 0.25) is 0 Å². The smallest absolute Gasteiger partial charge is 0.0562 e. The third-order valence-electron chi connectivity index (χ3n) is 10.6. The lowest BCUT2D eigenvalue weighted by molar-refractivity contribution is 1.18. The highest BCUT2D eigenvalue weighted by molar-refractivity contribution is 6.17. The Morgan fingerprint density at radius 2 is 0.944 bits per heavy atom. The monoisotopic (exact) mass is 688 g/mol. The van der Waals surface area contributed by atoms with Gasteiger partial charge in [-0.1, -0.05) is 170 Å². The summed E-state index contributed by atoms with van der Waals surface area (Å²) in [4.78, 5) is 2.45. The van der Waals surface area contributed by atoms with Crippen molar-refractivity contribution < 1.29 is 0 Å². The van der Waals surface area contributed by atoms with Crippen molar-refractivity contribution in [2.45, 2.75) is 0 Å². The van der Waals surface area contributed by atoms with Crippen molar-refractivity contribution in [3.05, 3.63) is 218 Å². The molecule has 2 heteroatoms. The van der Waals surface area contributed by atoms with Crippen LogP contribution < -0.4 is 4.90 Å². The summed E-state index contributed by atoms with van der Waals surface area (Å²) in [5, 5.41) is 4.88. The first kappa shape index (κ1) is 31.6. The fourth-order valence-electron chi connectivity index (χ4n) is 8.09. The lowest BCUT2D eigenvalue weighted by Gasteiger charge is -2.29. The largest absolute Gasteiger partial charge is 0.309 e. The Morgan fingerprint density at radius 3 is 1.76 bits per heavy atom. The van der Waals surface area contributed by atoms with Crippen LogP contribution in [-0.4, -0.2) is 4.57 Å². The van der Waals surface area contributed by atoms with E-state index in [9.17, 15) is 0 Å². The molecule has 1 heterocycles. The molecular weight excluding hydrogens is 653 g/mol. The summed E-state index contributed by atoms with van der Waals surface area (Å²) in [6.45, 7) is 0. The van der Waals surface area contributed by atoms with Crippen molar-refractivity contribution >= 4 is 49.6 Å². The molecule has 0 amide bonds. The Kier molecular flexibility index (Phi) is 7.85. The van der Waals surface area contributed by atoms with E-state index in [1.807, 2.05) is 0 Å². The predicted octanol–water partition coefficient (Wildman–Crippen LogP) is 14.4. The average Bonchev–Trinajstić information content (AvgIpc) is 3.59. The number of hydrogen-bond acceptors (Lipinski definition) is 1. The van der Waals surface area contributed by atoms with Gasteiger partial charge in [-0.2, -0.15) is 0 Å². The van der Waals surface area contributed by atoms with Gasteiger partial charge in [-0.15, -0.1) is 0 Å². The molecule has 0 aliphatic carbocycles. The molecule has 0 atom stereocenters. The molecule has 0 spiro atoms. The highest BCUT2D eigenvalue weighted by Crippen LogP contribution is 2.47. The van der Waals surface area contributed by atoms with Gasteiger partial charge in [0.25, 0.3) is 0 Å². The molecule has 254 valence electrons. The third-order valence-corrected chi connectivity index (χ3v) is 10.6. The van der Waals surface area contributed by atoms with Crippen molar-refractivity contribution in [2.24, 2.45) is 0 Å². The Balaban J connectivity index is 1.26. The van der Waals surface area contributed by atoms with Crippen molar-refractivity contribution in [3.8, 4) is 39.1 Å². The third kappa shape index (κ3) is 5.44. The van der Waals surface area contributed by atoms with Gasteiger partial charge in [0.15, 0.2) is 0 Å². The quantitative estimate of drug-likeness (QED) is 0.162.